The van der Waals surface area contributed by atoms with E-state index in [1.807, 2.05) is 18.5 Å². The third kappa shape index (κ3) is 5.65. The molecule has 7 nitrogen and oxygen atoms in total. The van der Waals surface area contributed by atoms with E-state index in [4.69, 9.17) is 0 Å². The second kappa shape index (κ2) is 11.0. The Hall–Kier alpha value is -1.82. The summed E-state index contributed by atoms with van der Waals surface area (Å²) in [5.41, 5.74) is 0.0325. The summed E-state index contributed by atoms with van der Waals surface area (Å²) in [6.07, 6.45) is 1.91. The number of halogens is 3. The van der Waals surface area contributed by atoms with Gasteiger partial charge < -0.3 is 15.5 Å². The van der Waals surface area contributed by atoms with Crippen molar-refractivity contribution >= 4 is 29.9 Å². The number of benzene rings is 1. The van der Waals surface area contributed by atoms with Gasteiger partial charge in [0.25, 0.3) is 0 Å². The van der Waals surface area contributed by atoms with Gasteiger partial charge in [0, 0.05) is 18.7 Å². The van der Waals surface area contributed by atoms with Crippen LogP contribution in [0.25, 0.3) is 0 Å². The zero-order valence-corrected chi connectivity index (χ0v) is 20.2. The van der Waals surface area contributed by atoms with E-state index < -0.39 is 17.7 Å². The topological polar surface area (TPSA) is 70.4 Å². The fraction of sp³-hybridized carbons (Fsp3) is 0.550. The molecule has 0 saturated heterocycles. The normalized spacial score (nSPS) is 17.3. The lowest BCUT2D eigenvalue weighted by atomic mass is 10.0. The molecule has 30 heavy (non-hydrogen) atoms. The third-order valence-electron chi connectivity index (χ3n) is 5.01. The van der Waals surface area contributed by atoms with E-state index in [0.29, 0.717) is 12.5 Å². The quantitative estimate of drug-likeness (QED) is 0.339. The number of nitrogens with zero attached hydrogens (tertiary/aromatic N) is 5. The van der Waals surface area contributed by atoms with E-state index in [2.05, 4.69) is 25.7 Å². The van der Waals surface area contributed by atoms with Crippen molar-refractivity contribution in [1.82, 2.24) is 30.3 Å². The number of rotatable bonds is 6. The summed E-state index contributed by atoms with van der Waals surface area (Å²) in [6.45, 7) is 5.60. The second-order valence-corrected chi connectivity index (χ2v) is 7.41. The number of hydrogen-bond donors (Lipinski definition) is 2. The van der Waals surface area contributed by atoms with Crippen LogP contribution in [0, 0.1) is 18.6 Å². The molecule has 2 heterocycles. The highest BCUT2D eigenvalue weighted by Gasteiger charge is 2.25. The summed E-state index contributed by atoms with van der Waals surface area (Å²) >= 11 is 0. The largest absolute Gasteiger partial charge is 0.357 e. The first-order chi connectivity index (χ1) is 13.9. The van der Waals surface area contributed by atoms with Crippen LogP contribution in [0.1, 0.15) is 49.1 Å². The minimum Gasteiger partial charge on any atom is -0.357 e. The van der Waals surface area contributed by atoms with Gasteiger partial charge in [-0.2, -0.15) is 5.10 Å². The number of aromatic nitrogens is 3. The van der Waals surface area contributed by atoms with E-state index in [1.165, 1.54) is 18.2 Å². The molecule has 0 spiro atoms. The number of fused-ring (bicyclic) bond motifs is 1. The molecule has 0 fully saturated rings. The highest BCUT2D eigenvalue weighted by molar-refractivity contribution is 14.0. The van der Waals surface area contributed by atoms with Crippen LogP contribution in [-0.4, -0.2) is 52.8 Å². The third-order valence-corrected chi connectivity index (χ3v) is 5.01. The fourth-order valence-corrected chi connectivity index (χ4v) is 3.61. The molecule has 1 aliphatic heterocycles. The summed E-state index contributed by atoms with van der Waals surface area (Å²) in [5, 5.41) is 11.1. The molecule has 1 aromatic heterocycles. The summed E-state index contributed by atoms with van der Waals surface area (Å²) in [5.74, 6) is 1.11. The van der Waals surface area contributed by atoms with Crippen LogP contribution >= 0.6 is 24.0 Å². The molecule has 0 amide bonds. The number of aliphatic imine (C=N–C) groups is 1. The molecule has 0 aliphatic carbocycles. The molecule has 0 saturated carbocycles. The van der Waals surface area contributed by atoms with E-state index in [0.717, 1.165) is 31.0 Å². The molecule has 0 bridgehead atoms. The van der Waals surface area contributed by atoms with E-state index in [-0.39, 0.29) is 42.1 Å². The zero-order chi connectivity index (χ0) is 21.0. The number of aryl methyl sites for hydroxylation is 2. The van der Waals surface area contributed by atoms with Crippen LogP contribution in [0.4, 0.5) is 8.78 Å². The summed E-state index contributed by atoms with van der Waals surface area (Å²) in [7, 11) is 3.58. The zero-order valence-electron chi connectivity index (χ0n) is 17.8. The van der Waals surface area contributed by atoms with Gasteiger partial charge in [0.05, 0.1) is 18.6 Å². The monoisotopic (exact) mass is 533 g/mol. The van der Waals surface area contributed by atoms with Crippen LogP contribution < -0.4 is 10.6 Å². The molecule has 2 atom stereocenters. The van der Waals surface area contributed by atoms with Crippen molar-refractivity contribution in [3.8, 4) is 0 Å². The molecule has 3 rings (SSSR count). The summed E-state index contributed by atoms with van der Waals surface area (Å²) in [4.78, 5) is 10.9. The Morgan fingerprint density at radius 2 is 2.03 bits per heavy atom. The van der Waals surface area contributed by atoms with Gasteiger partial charge in [0.2, 0.25) is 0 Å². The van der Waals surface area contributed by atoms with Crippen molar-refractivity contribution in [2.24, 2.45) is 4.99 Å². The molecular weight excluding hydrogens is 503 g/mol. The maximum Gasteiger partial charge on any atom is 0.191 e. The summed E-state index contributed by atoms with van der Waals surface area (Å²) < 4.78 is 30.5. The van der Waals surface area contributed by atoms with E-state index >= 15 is 0 Å². The molecule has 2 aromatic rings. The highest BCUT2D eigenvalue weighted by Crippen LogP contribution is 2.25. The lowest BCUT2D eigenvalue weighted by Gasteiger charge is -2.27. The highest BCUT2D eigenvalue weighted by atomic mass is 127. The first-order valence-corrected chi connectivity index (χ1v) is 9.97. The molecular formula is C20H30F2IN7. The van der Waals surface area contributed by atoms with Gasteiger partial charge in [-0.05, 0) is 52.9 Å². The molecule has 1 aliphatic rings. The van der Waals surface area contributed by atoms with Crippen molar-refractivity contribution < 1.29 is 8.78 Å². The van der Waals surface area contributed by atoms with Gasteiger partial charge >= 0.3 is 0 Å². The summed E-state index contributed by atoms with van der Waals surface area (Å²) in [6, 6.07) is 3.39. The van der Waals surface area contributed by atoms with Crippen LogP contribution in [0.5, 0.6) is 0 Å². The van der Waals surface area contributed by atoms with E-state index in [9.17, 15) is 8.78 Å². The van der Waals surface area contributed by atoms with Gasteiger partial charge in [0.1, 0.15) is 23.3 Å². The van der Waals surface area contributed by atoms with Crippen LogP contribution in [0.3, 0.4) is 0 Å². The number of likely N-dealkylation sites (N-methyl/N-ethyl adjacent to an activating group) is 1. The Morgan fingerprint density at radius 1 is 1.33 bits per heavy atom. The average molecular weight is 533 g/mol. The maximum absolute atomic E-state index is 14.3. The van der Waals surface area contributed by atoms with Crippen molar-refractivity contribution in [2.45, 2.75) is 45.3 Å². The standard InChI is InChI=1S/C20H29F2N7.HI/c1-5-23-20(26-16-10-7-11-29-19(16)25-13(2)27-29)24-12-17(28(3)4)18-14(21)8-6-9-15(18)22;/h6,8-9,16-17H,5,7,10-12H2,1-4H3,(H2,23,24,26);1H. The molecule has 10 heteroatoms. The molecule has 2 unspecified atom stereocenters. The minimum atomic E-state index is -0.562. The van der Waals surface area contributed by atoms with Gasteiger partial charge in [-0.25, -0.2) is 18.4 Å². The second-order valence-electron chi connectivity index (χ2n) is 7.41. The average Bonchev–Trinajstić information content (AvgIpc) is 3.05. The Labute approximate surface area is 193 Å². The van der Waals surface area contributed by atoms with Gasteiger partial charge in [-0.15, -0.1) is 24.0 Å². The lowest BCUT2D eigenvalue weighted by molar-refractivity contribution is 0.289. The molecule has 1 aromatic carbocycles. The van der Waals surface area contributed by atoms with Gasteiger partial charge in [-0.3, -0.25) is 4.99 Å². The Morgan fingerprint density at radius 3 is 2.67 bits per heavy atom. The maximum atomic E-state index is 14.3. The minimum absolute atomic E-state index is 0. The Balaban J connectivity index is 0.00000320. The van der Waals surface area contributed by atoms with Crippen LogP contribution in [-0.2, 0) is 6.54 Å². The SMILES string of the molecule is CCNC(=NCC(c1c(F)cccc1F)N(C)C)NC1CCCn2nc(C)nc21.I. The van der Waals surface area contributed by atoms with Crippen molar-refractivity contribution in [2.75, 3.05) is 27.2 Å². The first-order valence-electron chi connectivity index (χ1n) is 9.97. The number of nitrogens with one attached hydrogen (secondary N) is 2. The van der Waals surface area contributed by atoms with Gasteiger partial charge in [0.15, 0.2) is 5.96 Å². The first kappa shape index (κ1) is 24.4. The van der Waals surface area contributed by atoms with Crippen molar-refractivity contribution in [3.05, 3.63) is 47.0 Å². The van der Waals surface area contributed by atoms with Crippen LogP contribution in [0.2, 0.25) is 0 Å². The lowest BCUT2D eigenvalue weighted by Crippen LogP contribution is -2.42. The fourth-order valence-electron chi connectivity index (χ4n) is 3.61. The van der Waals surface area contributed by atoms with Gasteiger partial charge in [-0.1, -0.05) is 6.07 Å². The van der Waals surface area contributed by atoms with Crippen molar-refractivity contribution in [3.63, 3.8) is 0 Å². The smallest absolute Gasteiger partial charge is 0.191 e. The number of hydrogen-bond acceptors (Lipinski definition) is 4. The Bertz CT molecular complexity index is 849. The predicted octanol–water partition coefficient (Wildman–Crippen LogP) is 3.18. The Kier molecular flexibility index (Phi) is 8.95. The molecule has 0 radical (unpaired) electrons. The van der Waals surface area contributed by atoms with E-state index in [1.54, 1.807) is 19.0 Å². The molecule has 2 N–H and O–H groups in total. The molecule has 166 valence electrons. The predicted molar refractivity (Wildman–Crippen MR) is 124 cm³/mol. The van der Waals surface area contributed by atoms with Crippen LogP contribution in [0.15, 0.2) is 23.2 Å². The number of guanidine groups is 1. The van der Waals surface area contributed by atoms with Crippen molar-refractivity contribution in [1.29, 1.82) is 0 Å².